The number of hydrogen-bond acceptors (Lipinski definition) is 3. The molecule has 2 heterocycles. The molecule has 0 spiro atoms. The van der Waals surface area contributed by atoms with Gasteiger partial charge in [0, 0.05) is 12.2 Å². The number of hydrogen-bond donors (Lipinski definition) is 3. The number of nitrogens with zero attached hydrogens (tertiary/aromatic N) is 1. The van der Waals surface area contributed by atoms with Crippen LogP contribution in [-0.2, 0) is 0 Å². The van der Waals surface area contributed by atoms with Gasteiger partial charge in [-0.25, -0.2) is 4.79 Å². The Hall–Kier alpha value is -1.75. The number of nitrogens with one attached hydrogen (secondary N) is 2. The molecule has 1 aliphatic rings. The molecule has 1 unspecified atom stereocenters. The van der Waals surface area contributed by atoms with Crippen molar-refractivity contribution < 1.29 is 0 Å². The van der Waals surface area contributed by atoms with Crippen LogP contribution in [0, 0.1) is 0 Å². The zero-order chi connectivity index (χ0) is 11.1. The first-order valence-electron chi connectivity index (χ1n) is 5.46. The lowest BCUT2D eigenvalue weighted by atomic mass is 10.2. The average molecular weight is 218 g/mol. The summed E-state index contributed by atoms with van der Waals surface area (Å²) in [5.74, 6) is 0. The molecule has 5 nitrogen and oxygen atoms in total. The molecular formula is C11H14N4O. The molecule has 0 aliphatic carbocycles. The molecule has 0 saturated carbocycles. The van der Waals surface area contributed by atoms with Crippen LogP contribution >= 0.6 is 0 Å². The van der Waals surface area contributed by atoms with Gasteiger partial charge in [-0.2, -0.15) is 0 Å². The fourth-order valence-electron chi connectivity index (χ4n) is 2.37. The first kappa shape index (κ1) is 9.47. The molecule has 2 aromatic rings. The Labute approximate surface area is 92.3 Å². The number of nitrogens with two attached hydrogens (primary N) is 1. The summed E-state index contributed by atoms with van der Waals surface area (Å²) in [6.45, 7) is 1.83. The topological polar surface area (TPSA) is 75.8 Å². The molecule has 1 fully saturated rings. The standard InChI is InChI=1S/C11H14N4O/c12-7-1-2-10-9(5-7)14-11(16)15(10)8-3-4-13-6-8/h1-2,5,8,13H,3-4,6,12H2,(H,14,16). The summed E-state index contributed by atoms with van der Waals surface area (Å²) in [6.07, 6.45) is 0.997. The summed E-state index contributed by atoms with van der Waals surface area (Å²) >= 11 is 0. The minimum Gasteiger partial charge on any atom is -0.399 e. The molecule has 1 aliphatic heterocycles. The Morgan fingerprint density at radius 3 is 3.06 bits per heavy atom. The van der Waals surface area contributed by atoms with Gasteiger partial charge < -0.3 is 16.0 Å². The monoisotopic (exact) mass is 218 g/mol. The second-order valence-corrected chi connectivity index (χ2v) is 4.22. The van der Waals surface area contributed by atoms with Gasteiger partial charge in [0.2, 0.25) is 0 Å². The van der Waals surface area contributed by atoms with Crippen LogP contribution in [0.15, 0.2) is 23.0 Å². The van der Waals surface area contributed by atoms with Crippen LogP contribution in [0.3, 0.4) is 0 Å². The Bertz CT molecular complexity index is 577. The molecular weight excluding hydrogens is 204 g/mol. The number of benzene rings is 1. The predicted molar refractivity (Wildman–Crippen MR) is 63.5 cm³/mol. The van der Waals surface area contributed by atoms with Crippen molar-refractivity contribution in [2.24, 2.45) is 0 Å². The van der Waals surface area contributed by atoms with Gasteiger partial charge in [0.15, 0.2) is 0 Å². The van der Waals surface area contributed by atoms with Crippen LogP contribution < -0.4 is 16.7 Å². The van der Waals surface area contributed by atoms with Gasteiger partial charge in [0.05, 0.1) is 17.1 Å². The molecule has 1 atom stereocenters. The minimum atomic E-state index is -0.0469. The molecule has 1 aromatic carbocycles. The lowest BCUT2D eigenvalue weighted by Gasteiger charge is -2.10. The fraction of sp³-hybridized carbons (Fsp3) is 0.364. The maximum Gasteiger partial charge on any atom is 0.326 e. The second-order valence-electron chi connectivity index (χ2n) is 4.22. The van der Waals surface area contributed by atoms with Crippen LogP contribution in [0.2, 0.25) is 0 Å². The summed E-state index contributed by atoms with van der Waals surface area (Å²) in [5.41, 5.74) is 8.07. The Balaban J connectivity index is 2.23. The van der Waals surface area contributed by atoms with Crippen LogP contribution in [0.1, 0.15) is 12.5 Å². The number of aromatic nitrogens is 2. The third kappa shape index (κ3) is 1.32. The number of imidazole rings is 1. The van der Waals surface area contributed by atoms with E-state index in [1.165, 1.54) is 0 Å². The van der Waals surface area contributed by atoms with Crippen LogP contribution in [-0.4, -0.2) is 22.6 Å². The van der Waals surface area contributed by atoms with Crippen molar-refractivity contribution >= 4 is 16.7 Å². The van der Waals surface area contributed by atoms with E-state index in [1.54, 1.807) is 6.07 Å². The van der Waals surface area contributed by atoms with E-state index in [9.17, 15) is 4.79 Å². The van der Waals surface area contributed by atoms with Crippen LogP contribution in [0.4, 0.5) is 5.69 Å². The van der Waals surface area contributed by atoms with Gasteiger partial charge in [-0.1, -0.05) is 0 Å². The van der Waals surface area contributed by atoms with E-state index in [0.717, 1.165) is 30.5 Å². The van der Waals surface area contributed by atoms with Gasteiger partial charge in [0.1, 0.15) is 0 Å². The Morgan fingerprint density at radius 1 is 1.44 bits per heavy atom. The van der Waals surface area contributed by atoms with Gasteiger partial charge in [-0.15, -0.1) is 0 Å². The van der Waals surface area contributed by atoms with Crippen molar-refractivity contribution in [1.29, 1.82) is 0 Å². The first-order chi connectivity index (χ1) is 7.75. The molecule has 5 heteroatoms. The van der Waals surface area contributed by atoms with Crippen molar-refractivity contribution in [1.82, 2.24) is 14.9 Å². The van der Waals surface area contributed by atoms with Crippen LogP contribution in [0.5, 0.6) is 0 Å². The fourth-order valence-corrected chi connectivity index (χ4v) is 2.37. The highest BCUT2D eigenvalue weighted by atomic mass is 16.1. The quantitative estimate of drug-likeness (QED) is 0.608. The number of H-pyrrole nitrogens is 1. The Morgan fingerprint density at radius 2 is 2.31 bits per heavy atom. The van der Waals surface area contributed by atoms with Gasteiger partial charge in [-0.05, 0) is 31.2 Å². The summed E-state index contributed by atoms with van der Waals surface area (Å²) in [5, 5.41) is 3.27. The van der Waals surface area contributed by atoms with Gasteiger partial charge in [-0.3, -0.25) is 4.57 Å². The summed E-state index contributed by atoms with van der Waals surface area (Å²) < 4.78 is 1.83. The van der Waals surface area contributed by atoms with Gasteiger partial charge >= 0.3 is 5.69 Å². The number of rotatable bonds is 1. The van der Waals surface area contributed by atoms with Crippen molar-refractivity contribution in [3.05, 3.63) is 28.7 Å². The molecule has 0 bridgehead atoms. The highest BCUT2D eigenvalue weighted by Crippen LogP contribution is 2.20. The zero-order valence-corrected chi connectivity index (χ0v) is 8.86. The smallest absolute Gasteiger partial charge is 0.326 e. The molecule has 16 heavy (non-hydrogen) atoms. The molecule has 84 valence electrons. The van der Waals surface area contributed by atoms with Crippen molar-refractivity contribution in [2.75, 3.05) is 18.8 Å². The van der Waals surface area contributed by atoms with E-state index in [0.29, 0.717) is 5.69 Å². The zero-order valence-electron chi connectivity index (χ0n) is 8.86. The van der Waals surface area contributed by atoms with E-state index < -0.39 is 0 Å². The normalized spacial score (nSPS) is 20.6. The number of aromatic amines is 1. The molecule has 0 radical (unpaired) electrons. The summed E-state index contributed by atoms with van der Waals surface area (Å²) in [7, 11) is 0. The van der Waals surface area contributed by atoms with E-state index in [2.05, 4.69) is 10.3 Å². The maximum absolute atomic E-state index is 11.9. The predicted octanol–water partition coefficient (Wildman–Crippen LogP) is 0.446. The van der Waals surface area contributed by atoms with E-state index in [-0.39, 0.29) is 11.7 Å². The first-order valence-corrected chi connectivity index (χ1v) is 5.46. The number of fused-ring (bicyclic) bond motifs is 1. The molecule has 0 amide bonds. The van der Waals surface area contributed by atoms with E-state index in [1.807, 2.05) is 16.7 Å². The van der Waals surface area contributed by atoms with E-state index >= 15 is 0 Å². The SMILES string of the molecule is Nc1ccc2c(c1)[nH]c(=O)n2C1CCNC1. The highest BCUT2D eigenvalue weighted by Gasteiger charge is 2.20. The average Bonchev–Trinajstić information content (AvgIpc) is 2.83. The Kier molecular flexibility index (Phi) is 2.00. The van der Waals surface area contributed by atoms with E-state index in [4.69, 9.17) is 5.73 Å². The largest absolute Gasteiger partial charge is 0.399 e. The second kappa shape index (κ2) is 3.38. The maximum atomic E-state index is 11.9. The molecule has 4 N–H and O–H groups in total. The summed E-state index contributed by atoms with van der Waals surface area (Å²) in [6, 6.07) is 5.79. The third-order valence-electron chi connectivity index (χ3n) is 3.14. The highest BCUT2D eigenvalue weighted by molar-refractivity contribution is 5.79. The number of nitrogen functional groups attached to an aromatic ring is 1. The lowest BCUT2D eigenvalue weighted by molar-refractivity contribution is 0.546. The lowest BCUT2D eigenvalue weighted by Crippen LogP contribution is -2.23. The summed E-state index contributed by atoms with van der Waals surface area (Å²) in [4.78, 5) is 14.7. The number of anilines is 1. The van der Waals surface area contributed by atoms with Crippen LogP contribution in [0.25, 0.3) is 11.0 Å². The molecule has 1 saturated heterocycles. The van der Waals surface area contributed by atoms with Gasteiger partial charge in [0.25, 0.3) is 0 Å². The molecule has 1 aromatic heterocycles. The minimum absolute atomic E-state index is 0.0469. The van der Waals surface area contributed by atoms with Crippen molar-refractivity contribution in [2.45, 2.75) is 12.5 Å². The third-order valence-corrected chi connectivity index (χ3v) is 3.14. The van der Waals surface area contributed by atoms with Crippen molar-refractivity contribution in [3.8, 4) is 0 Å². The molecule has 3 rings (SSSR count). The van der Waals surface area contributed by atoms with Crippen molar-refractivity contribution in [3.63, 3.8) is 0 Å².